The van der Waals surface area contributed by atoms with Gasteiger partial charge in [0.2, 0.25) is 0 Å². The van der Waals surface area contributed by atoms with Gasteiger partial charge in [0.1, 0.15) is 6.07 Å². The van der Waals surface area contributed by atoms with E-state index in [9.17, 15) is 0 Å². The monoisotopic (exact) mass is 285 g/mol. The molecule has 0 saturated heterocycles. The zero-order chi connectivity index (χ0) is 14.7. The van der Waals surface area contributed by atoms with Gasteiger partial charge in [-0.3, -0.25) is 0 Å². The third kappa shape index (κ3) is 2.56. The molecule has 0 aliphatic heterocycles. The van der Waals surface area contributed by atoms with Crippen molar-refractivity contribution in [3.63, 3.8) is 0 Å². The fourth-order valence-corrected chi connectivity index (χ4v) is 2.48. The number of nitrogen functional groups attached to an aromatic ring is 1. The molecular formula is C16H16ClN3. The molecule has 1 atom stereocenters. The minimum Gasteiger partial charge on any atom is -0.396 e. The van der Waals surface area contributed by atoms with Gasteiger partial charge in [-0.15, -0.1) is 0 Å². The van der Waals surface area contributed by atoms with Crippen LogP contribution in [0.4, 0.5) is 11.4 Å². The molecule has 2 N–H and O–H groups in total. The summed E-state index contributed by atoms with van der Waals surface area (Å²) in [4.78, 5) is 2.03. The van der Waals surface area contributed by atoms with Crippen molar-refractivity contribution in [1.82, 2.24) is 0 Å². The minimum atomic E-state index is 0.0555. The molecule has 102 valence electrons. The molecule has 1 unspecified atom stereocenters. The van der Waals surface area contributed by atoms with Gasteiger partial charge < -0.3 is 10.6 Å². The lowest BCUT2D eigenvalue weighted by Crippen LogP contribution is -2.23. The van der Waals surface area contributed by atoms with E-state index >= 15 is 0 Å². The van der Waals surface area contributed by atoms with Gasteiger partial charge in [0.05, 0.1) is 23.0 Å². The average molecular weight is 286 g/mol. The van der Waals surface area contributed by atoms with Gasteiger partial charge in [-0.05, 0) is 30.7 Å². The summed E-state index contributed by atoms with van der Waals surface area (Å²) in [6.07, 6.45) is 0. The fraction of sp³-hybridized carbons (Fsp3) is 0.188. The number of halogens is 1. The molecule has 0 aromatic heterocycles. The Kier molecular flexibility index (Phi) is 4.16. The summed E-state index contributed by atoms with van der Waals surface area (Å²) in [5, 5.41) is 9.78. The van der Waals surface area contributed by atoms with E-state index in [1.807, 2.05) is 48.3 Å². The van der Waals surface area contributed by atoms with Gasteiger partial charge in [0, 0.05) is 12.1 Å². The van der Waals surface area contributed by atoms with Crippen molar-refractivity contribution in [3.8, 4) is 6.07 Å². The molecule has 2 aromatic rings. The number of anilines is 2. The van der Waals surface area contributed by atoms with Crippen LogP contribution in [0.1, 0.15) is 24.1 Å². The lowest BCUT2D eigenvalue weighted by molar-refractivity contribution is 0.741. The Bertz CT molecular complexity index is 661. The lowest BCUT2D eigenvalue weighted by Gasteiger charge is -2.29. The van der Waals surface area contributed by atoms with Gasteiger partial charge in [0.25, 0.3) is 0 Å². The Morgan fingerprint density at radius 1 is 1.20 bits per heavy atom. The number of rotatable bonds is 3. The molecule has 4 heteroatoms. The molecule has 2 rings (SSSR count). The maximum atomic E-state index is 9.05. The summed E-state index contributed by atoms with van der Waals surface area (Å²) in [7, 11) is 1.95. The van der Waals surface area contributed by atoms with Crippen molar-refractivity contribution in [1.29, 1.82) is 5.26 Å². The number of para-hydroxylation sites is 1. The average Bonchev–Trinajstić information content (AvgIpc) is 2.46. The zero-order valence-corrected chi connectivity index (χ0v) is 12.2. The number of benzene rings is 2. The number of hydrogen-bond acceptors (Lipinski definition) is 3. The third-order valence-electron chi connectivity index (χ3n) is 3.52. The summed E-state index contributed by atoms with van der Waals surface area (Å²) >= 11 is 6.24. The largest absolute Gasteiger partial charge is 0.396 e. The number of nitrogens with two attached hydrogens (primary N) is 1. The first-order chi connectivity index (χ1) is 9.56. The van der Waals surface area contributed by atoms with E-state index in [1.54, 1.807) is 6.07 Å². The van der Waals surface area contributed by atoms with Crippen LogP contribution in [0, 0.1) is 11.3 Å². The first-order valence-corrected chi connectivity index (χ1v) is 6.70. The summed E-state index contributed by atoms with van der Waals surface area (Å²) in [5.41, 5.74) is 8.89. The van der Waals surface area contributed by atoms with Crippen molar-refractivity contribution in [3.05, 3.63) is 58.6 Å². The van der Waals surface area contributed by atoms with Crippen LogP contribution in [-0.2, 0) is 0 Å². The Morgan fingerprint density at radius 3 is 2.55 bits per heavy atom. The molecule has 0 aliphatic rings. The second-order valence-corrected chi connectivity index (χ2v) is 5.07. The van der Waals surface area contributed by atoms with E-state index in [0.717, 1.165) is 16.3 Å². The van der Waals surface area contributed by atoms with Crippen molar-refractivity contribution < 1.29 is 0 Å². The molecular weight excluding hydrogens is 270 g/mol. The van der Waals surface area contributed by atoms with Gasteiger partial charge in [-0.25, -0.2) is 0 Å². The van der Waals surface area contributed by atoms with Gasteiger partial charge in [-0.1, -0.05) is 35.9 Å². The first-order valence-electron chi connectivity index (χ1n) is 6.32. The standard InChI is InChI=1S/C16H16ClN3/c1-11(13-7-3-4-8-14(13)17)20(2)15-9-5-6-12(10-18)16(15)19/h3-9,11H,19H2,1-2H3. The highest BCUT2D eigenvalue weighted by Gasteiger charge is 2.17. The molecule has 0 radical (unpaired) electrons. The summed E-state index contributed by atoms with van der Waals surface area (Å²) in [6.45, 7) is 2.06. The third-order valence-corrected chi connectivity index (χ3v) is 3.86. The Hall–Kier alpha value is -2.18. The number of nitriles is 1. The second kappa shape index (κ2) is 5.85. The van der Waals surface area contributed by atoms with Crippen LogP contribution in [0.25, 0.3) is 0 Å². The van der Waals surface area contributed by atoms with Crippen molar-refractivity contribution >= 4 is 23.0 Å². The predicted octanol–water partition coefficient (Wildman–Crippen LogP) is 3.99. The van der Waals surface area contributed by atoms with E-state index in [1.165, 1.54) is 0 Å². The molecule has 0 spiro atoms. The number of hydrogen-bond donors (Lipinski definition) is 1. The molecule has 0 aliphatic carbocycles. The van der Waals surface area contributed by atoms with Crippen LogP contribution in [0.15, 0.2) is 42.5 Å². The first kappa shape index (κ1) is 14.2. The highest BCUT2D eigenvalue weighted by molar-refractivity contribution is 6.31. The SMILES string of the molecule is CC(c1ccccc1Cl)N(C)c1cccc(C#N)c1N. The fourth-order valence-electron chi connectivity index (χ4n) is 2.19. The normalized spacial score (nSPS) is 11.7. The van der Waals surface area contributed by atoms with Crippen LogP contribution in [-0.4, -0.2) is 7.05 Å². The van der Waals surface area contributed by atoms with Crippen molar-refractivity contribution in [2.45, 2.75) is 13.0 Å². The molecule has 0 amide bonds. The Labute approximate surface area is 124 Å². The van der Waals surface area contributed by atoms with E-state index in [4.69, 9.17) is 22.6 Å². The minimum absolute atomic E-state index is 0.0555. The van der Waals surface area contributed by atoms with Gasteiger partial charge in [0.15, 0.2) is 0 Å². The van der Waals surface area contributed by atoms with Crippen molar-refractivity contribution in [2.24, 2.45) is 0 Å². The Balaban J connectivity index is 2.40. The topological polar surface area (TPSA) is 53.0 Å². The summed E-state index contributed by atoms with van der Waals surface area (Å²) in [5.74, 6) is 0. The van der Waals surface area contributed by atoms with E-state index in [-0.39, 0.29) is 6.04 Å². The quantitative estimate of drug-likeness (QED) is 0.868. The van der Waals surface area contributed by atoms with Crippen LogP contribution in [0.3, 0.4) is 0 Å². The van der Waals surface area contributed by atoms with E-state index < -0.39 is 0 Å². The second-order valence-electron chi connectivity index (χ2n) is 4.66. The molecule has 0 saturated carbocycles. The highest BCUT2D eigenvalue weighted by atomic mass is 35.5. The predicted molar refractivity (Wildman–Crippen MR) is 83.8 cm³/mol. The maximum Gasteiger partial charge on any atom is 0.101 e. The van der Waals surface area contributed by atoms with Crippen LogP contribution >= 0.6 is 11.6 Å². The van der Waals surface area contributed by atoms with Gasteiger partial charge in [-0.2, -0.15) is 5.26 Å². The molecule has 0 heterocycles. The summed E-state index contributed by atoms with van der Waals surface area (Å²) < 4.78 is 0. The van der Waals surface area contributed by atoms with Crippen LogP contribution < -0.4 is 10.6 Å². The zero-order valence-electron chi connectivity index (χ0n) is 11.5. The lowest BCUT2D eigenvalue weighted by atomic mass is 10.1. The molecule has 2 aromatic carbocycles. The van der Waals surface area contributed by atoms with Crippen molar-refractivity contribution in [2.75, 3.05) is 17.7 Å². The molecule has 20 heavy (non-hydrogen) atoms. The Morgan fingerprint density at radius 2 is 1.90 bits per heavy atom. The van der Waals surface area contributed by atoms with Crippen LogP contribution in [0.5, 0.6) is 0 Å². The van der Waals surface area contributed by atoms with E-state index in [2.05, 4.69) is 13.0 Å². The number of nitrogens with zero attached hydrogens (tertiary/aromatic N) is 2. The highest BCUT2D eigenvalue weighted by Crippen LogP contribution is 2.33. The van der Waals surface area contributed by atoms with E-state index in [0.29, 0.717) is 11.3 Å². The smallest absolute Gasteiger partial charge is 0.101 e. The maximum absolute atomic E-state index is 9.05. The van der Waals surface area contributed by atoms with Gasteiger partial charge >= 0.3 is 0 Å². The molecule has 0 bridgehead atoms. The summed E-state index contributed by atoms with van der Waals surface area (Å²) in [6, 6.07) is 15.3. The molecule has 0 fully saturated rings. The molecule has 3 nitrogen and oxygen atoms in total. The van der Waals surface area contributed by atoms with Crippen LogP contribution in [0.2, 0.25) is 5.02 Å².